The largest absolute Gasteiger partial charge is 0.450 e. The number of hydrogen-bond donors (Lipinski definition) is 2. The lowest BCUT2D eigenvalue weighted by molar-refractivity contribution is 0.0924. The fourth-order valence-corrected chi connectivity index (χ4v) is 10.3. The number of thiophene rings is 1. The molecule has 2 atom stereocenters. The average molecular weight is 631 g/mol. The van der Waals surface area contributed by atoms with E-state index in [-0.39, 0.29) is 39.5 Å². The first-order valence-electron chi connectivity index (χ1n) is 14.9. The van der Waals surface area contributed by atoms with E-state index in [2.05, 4.69) is 50.2 Å². The molecule has 12 heteroatoms. The zero-order valence-electron chi connectivity index (χ0n) is 25.8. The molecule has 10 nitrogen and oxygen atoms in total. The zero-order chi connectivity index (χ0) is 31.3. The maximum absolute atomic E-state index is 13.7. The topological polar surface area (TPSA) is 125 Å². The summed E-state index contributed by atoms with van der Waals surface area (Å²) in [6.07, 6.45) is 2.44. The second-order valence-electron chi connectivity index (χ2n) is 13.4. The minimum atomic E-state index is -3.73. The molecule has 1 aliphatic carbocycles. The number of nitrogens with zero attached hydrogens (tertiary/aromatic N) is 2. The number of sulfonamides is 1. The summed E-state index contributed by atoms with van der Waals surface area (Å²) >= 11 is 1.32. The van der Waals surface area contributed by atoms with Gasteiger partial charge in [0, 0.05) is 42.2 Å². The van der Waals surface area contributed by atoms with Crippen molar-refractivity contribution in [2.75, 3.05) is 25.0 Å². The van der Waals surface area contributed by atoms with Crippen LogP contribution in [0.5, 0.6) is 0 Å². The number of rotatable bonds is 7. The van der Waals surface area contributed by atoms with Gasteiger partial charge in [-0.25, -0.2) is 13.2 Å². The predicted octanol–water partition coefficient (Wildman–Crippen LogP) is 5.24. The summed E-state index contributed by atoms with van der Waals surface area (Å²) in [5.74, 6) is -1.10. The van der Waals surface area contributed by atoms with E-state index in [9.17, 15) is 22.8 Å². The Morgan fingerprint density at radius 3 is 2.44 bits per heavy atom. The van der Waals surface area contributed by atoms with Gasteiger partial charge in [-0.3, -0.25) is 19.8 Å². The van der Waals surface area contributed by atoms with Crippen molar-refractivity contribution in [2.45, 2.75) is 90.7 Å². The Hall–Kier alpha value is -2.80. The highest BCUT2D eigenvalue weighted by molar-refractivity contribution is 7.89. The van der Waals surface area contributed by atoms with Crippen molar-refractivity contribution in [3.63, 3.8) is 0 Å². The lowest BCUT2D eigenvalue weighted by atomic mass is 9.65. The molecule has 2 unspecified atom stereocenters. The molecule has 2 fully saturated rings. The Morgan fingerprint density at radius 2 is 1.79 bits per heavy atom. The number of fused-ring (bicyclic) bond motifs is 3. The summed E-state index contributed by atoms with van der Waals surface area (Å²) < 4.78 is 33.9. The molecule has 5 rings (SSSR count). The number of amides is 3. The fraction of sp³-hybridized carbons (Fsp3) is 0.581. The Kier molecular flexibility index (Phi) is 8.54. The molecule has 0 radical (unpaired) electrons. The Balaban J connectivity index is 1.37. The molecule has 2 N–H and O–H groups in total. The second kappa shape index (κ2) is 11.6. The van der Waals surface area contributed by atoms with Crippen molar-refractivity contribution in [3.8, 4) is 0 Å². The van der Waals surface area contributed by atoms with Gasteiger partial charge < -0.3 is 10.1 Å². The average Bonchev–Trinajstić information content (AvgIpc) is 3.40. The number of alkyl carbamates (subject to hydrolysis) is 1. The minimum absolute atomic E-state index is 0.0302. The molecule has 2 bridgehead atoms. The van der Waals surface area contributed by atoms with Gasteiger partial charge in [0.25, 0.3) is 11.8 Å². The van der Waals surface area contributed by atoms with Crippen LogP contribution in [0.2, 0.25) is 0 Å². The first kappa shape index (κ1) is 31.6. The molecule has 234 valence electrons. The molecular weight excluding hydrogens is 588 g/mol. The number of hydrogen-bond acceptors (Lipinski definition) is 8. The molecule has 3 heterocycles. The third kappa shape index (κ3) is 6.38. The lowest BCUT2D eigenvalue weighted by Crippen LogP contribution is -2.37. The number of ether oxygens (including phenoxy) is 1. The monoisotopic (exact) mass is 630 g/mol. The maximum atomic E-state index is 13.7. The molecule has 43 heavy (non-hydrogen) atoms. The molecule has 1 aromatic carbocycles. The Labute approximate surface area is 258 Å². The van der Waals surface area contributed by atoms with E-state index >= 15 is 0 Å². The van der Waals surface area contributed by atoms with Crippen LogP contribution in [-0.4, -0.2) is 67.3 Å². The molecule has 3 amide bonds. The normalized spacial score (nSPS) is 23.6. The van der Waals surface area contributed by atoms with Gasteiger partial charge >= 0.3 is 6.09 Å². The van der Waals surface area contributed by atoms with Crippen LogP contribution in [-0.2, 0) is 27.7 Å². The molecule has 2 aliphatic heterocycles. The number of imide groups is 1. The number of carbonyl (C=O) groups is 3. The van der Waals surface area contributed by atoms with Gasteiger partial charge in [0.2, 0.25) is 10.0 Å². The third-order valence-electron chi connectivity index (χ3n) is 8.85. The van der Waals surface area contributed by atoms with Crippen molar-refractivity contribution in [1.82, 2.24) is 14.5 Å². The van der Waals surface area contributed by atoms with E-state index in [0.717, 1.165) is 36.2 Å². The SMILES string of the molecule is CCOC(=O)NC(=O)c1c(NC(=O)c2ccc(S(=O)(=O)N3CC4(C)CC3CC(C)(C)C4)cc2)sc2c1CCN(C(C)C)C2. The summed E-state index contributed by atoms with van der Waals surface area (Å²) in [5, 5.41) is 5.47. The lowest BCUT2D eigenvalue weighted by Gasteiger charge is -2.39. The van der Waals surface area contributed by atoms with E-state index in [1.165, 1.54) is 35.6 Å². The molecule has 2 aromatic rings. The van der Waals surface area contributed by atoms with Gasteiger partial charge in [-0.05, 0) is 87.1 Å². The summed E-state index contributed by atoms with van der Waals surface area (Å²) in [5.41, 5.74) is 1.39. The number of anilines is 1. The van der Waals surface area contributed by atoms with Crippen LogP contribution < -0.4 is 10.6 Å². The zero-order valence-corrected chi connectivity index (χ0v) is 27.4. The third-order valence-corrected chi connectivity index (χ3v) is 11.9. The fourth-order valence-electron chi connectivity index (χ4n) is 7.29. The van der Waals surface area contributed by atoms with Crippen LogP contribution in [0.1, 0.15) is 92.0 Å². The van der Waals surface area contributed by atoms with Crippen molar-refractivity contribution >= 4 is 44.3 Å². The first-order chi connectivity index (χ1) is 20.1. The summed E-state index contributed by atoms with van der Waals surface area (Å²) in [6.45, 7) is 14.5. The predicted molar refractivity (Wildman–Crippen MR) is 166 cm³/mol. The summed E-state index contributed by atoms with van der Waals surface area (Å²) in [7, 11) is -3.73. The first-order valence-corrected chi connectivity index (χ1v) is 17.2. The van der Waals surface area contributed by atoms with Gasteiger partial charge in [-0.15, -0.1) is 11.3 Å². The smallest absolute Gasteiger partial charge is 0.414 e. The summed E-state index contributed by atoms with van der Waals surface area (Å²) in [4.78, 5) is 42.0. The van der Waals surface area contributed by atoms with E-state index in [4.69, 9.17) is 4.74 Å². The van der Waals surface area contributed by atoms with Gasteiger partial charge in [0.05, 0.1) is 17.1 Å². The number of carbonyl (C=O) groups excluding carboxylic acids is 3. The van der Waals surface area contributed by atoms with Crippen molar-refractivity contribution in [2.24, 2.45) is 10.8 Å². The van der Waals surface area contributed by atoms with Crippen LogP contribution in [0.25, 0.3) is 0 Å². The molecule has 3 aliphatic rings. The van der Waals surface area contributed by atoms with Crippen LogP contribution in [0.3, 0.4) is 0 Å². The van der Waals surface area contributed by atoms with Crippen LogP contribution in [0.4, 0.5) is 9.80 Å². The summed E-state index contributed by atoms with van der Waals surface area (Å²) in [6, 6.07) is 6.25. The molecule has 1 saturated heterocycles. The van der Waals surface area contributed by atoms with Crippen molar-refractivity contribution in [3.05, 3.63) is 45.8 Å². The minimum Gasteiger partial charge on any atom is -0.450 e. The molecular formula is C31H42N4O6S2. The maximum Gasteiger partial charge on any atom is 0.414 e. The van der Waals surface area contributed by atoms with E-state index in [0.29, 0.717) is 30.6 Å². The Morgan fingerprint density at radius 1 is 1.09 bits per heavy atom. The van der Waals surface area contributed by atoms with E-state index in [1.807, 2.05) is 0 Å². The van der Waals surface area contributed by atoms with Crippen LogP contribution in [0.15, 0.2) is 29.2 Å². The Bertz CT molecular complexity index is 1530. The highest BCUT2D eigenvalue weighted by Gasteiger charge is 2.53. The van der Waals surface area contributed by atoms with Gasteiger partial charge in [-0.2, -0.15) is 4.31 Å². The second-order valence-corrected chi connectivity index (χ2v) is 16.4. The van der Waals surface area contributed by atoms with Gasteiger partial charge in [0.1, 0.15) is 5.00 Å². The molecule has 0 spiro atoms. The highest BCUT2D eigenvalue weighted by atomic mass is 32.2. The van der Waals surface area contributed by atoms with Crippen molar-refractivity contribution < 1.29 is 27.5 Å². The quantitative estimate of drug-likeness (QED) is 0.429. The molecule has 1 saturated carbocycles. The van der Waals surface area contributed by atoms with Gasteiger partial charge in [0.15, 0.2) is 0 Å². The van der Waals surface area contributed by atoms with Gasteiger partial charge in [-0.1, -0.05) is 20.8 Å². The van der Waals surface area contributed by atoms with E-state index < -0.39 is 27.9 Å². The van der Waals surface area contributed by atoms with Crippen LogP contribution in [0, 0.1) is 10.8 Å². The van der Waals surface area contributed by atoms with Crippen molar-refractivity contribution in [1.29, 1.82) is 0 Å². The standard InChI is InChI=1S/C31H42N4O6S2/c1-7-41-29(38)33-27(37)25-23-12-13-34(19(2)3)16-24(23)42-28(25)32-26(36)20-8-10-22(11-9-20)43(39,40)35-18-31(6)15-21(35)14-30(4,5)17-31/h8-11,19,21H,7,12-18H2,1-6H3,(H,32,36)(H,33,37,38). The number of nitrogens with one attached hydrogen (secondary N) is 2. The number of benzene rings is 1. The van der Waals surface area contributed by atoms with Crippen LogP contribution >= 0.6 is 11.3 Å². The van der Waals surface area contributed by atoms with E-state index in [1.54, 1.807) is 11.2 Å². The molecule has 1 aromatic heterocycles. The highest BCUT2D eigenvalue weighted by Crippen LogP contribution is 2.53.